The summed E-state index contributed by atoms with van der Waals surface area (Å²) in [6, 6.07) is -0.121. The molecule has 3 N–H and O–H groups in total. The van der Waals surface area contributed by atoms with Gasteiger partial charge >= 0.3 is 0 Å². The molecule has 0 aromatic rings. The highest BCUT2D eigenvalue weighted by atomic mass is 16.2. The third-order valence-corrected chi connectivity index (χ3v) is 3.28. The van der Waals surface area contributed by atoms with Gasteiger partial charge in [0.05, 0.1) is 6.04 Å². The predicted molar refractivity (Wildman–Crippen MR) is 66.1 cm³/mol. The maximum Gasteiger partial charge on any atom is 0.237 e. The Morgan fingerprint density at radius 3 is 2.31 bits per heavy atom. The summed E-state index contributed by atoms with van der Waals surface area (Å²) in [4.78, 5) is 14.2. The van der Waals surface area contributed by atoms with Gasteiger partial charge in [0.15, 0.2) is 0 Å². The molecule has 1 saturated heterocycles. The van der Waals surface area contributed by atoms with Crippen molar-refractivity contribution in [2.45, 2.75) is 45.7 Å². The Morgan fingerprint density at radius 1 is 1.38 bits per heavy atom. The Balaban J connectivity index is 2.40. The monoisotopic (exact) mass is 227 g/mol. The third kappa shape index (κ3) is 3.76. The number of amides is 1. The van der Waals surface area contributed by atoms with Crippen LogP contribution < -0.4 is 11.1 Å². The summed E-state index contributed by atoms with van der Waals surface area (Å²) in [6.45, 7) is 8.08. The molecule has 1 fully saturated rings. The fraction of sp³-hybridized carbons (Fsp3) is 0.917. The molecule has 0 aromatic heterocycles. The van der Waals surface area contributed by atoms with E-state index < -0.39 is 6.04 Å². The second-order valence-electron chi connectivity index (χ2n) is 5.93. The number of carbonyl (C=O) groups excluding carboxylic acids is 1. The highest BCUT2D eigenvalue weighted by molar-refractivity contribution is 5.82. The first-order chi connectivity index (χ1) is 7.30. The first kappa shape index (κ1) is 13.5. The lowest BCUT2D eigenvalue weighted by atomic mass is 9.86. The molecule has 4 heteroatoms. The quantitative estimate of drug-likeness (QED) is 0.725. The molecule has 1 aliphatic rings. The maximum atomic E-state index is 11.9. The number of hydrogen-bond acceptors (Lipinski definition) is 3. The summed E-state index contributed by atoms with van der Waals surface area (Å²) in [5, 5.41) is 3.06. The molecule has 0 radical (unpaired) electrons. The SMILES string of the molecule is CN1CCC(NC(=O)C(N)C(C)(C)C)CC1. The van der Waals surface area contributed by atoms with Gasteiger partial charge in [0.1, 0.15) is 0 Å². The summed E-state index contributed by atoms with van der Waals surface area (Å²) < 4.78 is 0. The van der Waals surface area contributed by atoms with Crippen LogP contribution in [-0.4, -0.2) is 43.0 Å². The number of nitrogens with zero attached hydrogens (tertiary/aromatic N) is 1. The molecule has 0 bridgehead atoms. The van der Waals surface area contributed by atoms with Gasteiger partial charge in [-0.15, -0.1) is 0 Å². The lowest BCUT2D eigenvalue weighted by molar-refractivity contribution is -0.125. The van der Waals surface area contributed by atoms with Crippen LogP contribution in [0.15, 0.2) is 0 Å². The minimum Gasteiger partial charge on any atom is -0.352 e. The molecular formula is C12H25N3O. The Hall–Kier alpha value is -0.610. The van der Waals surface area contributed by atoms with E-state index in [4.69, 9.17) is 5.73 Å². The van der Waals surface area contributed by atoms with Gasteiger partial charge in [-0.1, -0.05) is 20.8 Å². The summed E-state index contributed by atoms with van der Waals surface area (Å²) in [7, 11) is 2.11. The van der Waals surface area contributed by atoms with Gasteiger partial charge in [0.2, 0.25) is 5.91 Å². The van der Waals surface area contributed by atoms with Crippen molar-refractivity contribution < 1.29 is 4.79 Å². The van der Waals surface area contributed by atoms with Crippen molar-refractivity contribution >= 4 is 5.91 Å². The third-order valence-electron chi connectivity index (χ3n) is 3.28. The zero-order valence-corrected chi connectivity index (χ0v) is 10.9. The van der Waals surface area contributed by atoms with Crippen LogP contribution in [-0.2, 0) is 4.79 Å². The fourth-order valence-electron chi connectivity index (χ4n) is 1.84. The van der Waals surface area contributed by atoms with E-state index in [1.807, 2.05) is 20.8 Å². The molecule has 1 aliphatic heterocycles. The normalized spacial score (nSPS) is 21.8. The van der Waals surface area contributed by atoms with Gasteiger partial charge in [-0.3, -0.25) is 4.79 Å². The molecule has 1 amide bonds. The summed E-state index contributed by atoms with van der Waals surface area (Å²) in [5.41, 5.74) is 5.75. The van der Waals surface area contributed by atoms with E-state index in [2.05, 4.69) is 17.3 Å². The first-order valence-electron chi connectivity index (χ1n) is 6.05. The highest BCUT2D eigenvalue weighted by Gasteiger charge is 2.29. The van der Waals surface area contributed by atoms with Crippen LogP contribution in [0.3, 0.4) is 0 Å². The number of nitrogens with one attached hydrogen (secondary N) is 1. The van der Waals surface area contributed by atoms with E-state index >= 15 is 0 Å². The molecule has 1 heterocycles. The summed E-state index contributed by atoms with van der Waals surface area (Å²) in [6.07, 6.45) is 2.05. The number of rotatable bonds is 2. The standard InChI is InChI=1S/C12H25N3O/c1-12(2,3)10(13)11(16)14-9-5-7-15(4)8-6-9/h9-10H,5-8,13H2,1-4H3,(H,14,16). The Morgan fingerprint density at radius 2 is 1.88 bits per heavy atom. The molecule has 94 valence electrons. The summed E-state index contributed by atoms with van der Waals surface area (Å²) >= 11 is 0. The Kier molecular flexibility index (Phi) is 4.33. The molecular weight excluding hydrogens is 202 g/mol. The lowest BCUT2D eigenvalue weighted by Gasteiger charge is -2.32. The molecule has 4 nitrogen and oxygen atoms in total. The van der Waals surface area contributed by atoms with Crippen molar-refractivity contribution in [3.8, 4) is 0 Å². The van der Waals surface area contributed by atoms with Crippen molar-refractivity contribution in [2.75, 3.05) is 20.1 Å². The van der Waals surface area contributed by atoms with Gasteiger partial charge in [0, 0.05) is 6.04 Å². The highest BCUT2D eigenvalue weighted by Crippen LogP contribution is 2.18. The number of likely N-dealkylation sites (tertiary alicyclic amines) is 1. The molecule has 16 heavy (non-hydrogen) atoms. The molecule has 0 aliphatic carbocycles. The molecule has 0 spiro atoms. The number of nitrogens with two attached hydrogens (primary N) is 1. The molecule has 0 aromatic carbocycles. The van der Waals surface area contributed by atoms with Gasteiger partial charge < -0.3 is 16.0 Å². The van der Waals surface area contributed by atoms with E-state index in [0.717, 1.165) is 25.9 Å². The molecule has 1 rings (SSSR count). The van der Waals surface area contributed by atoms with Crippen molar-refractivity contribution in [3.05, 3.63) is 0 Å². The molecule has 1 atom stereocenters. The van der Waals surface area contributed by atoms with Crippen LogP contribution in [0.1, 0.15) is 33.6 Å². The largest absolute Gasteiger partial charge is 0.352 e. The van der Waals surface area contributed by atoms with E-state index in [-0.39, 0.29) is 11.3 Å². The van der Waals surface area contributed by atoms with Crippen LogP contribution in [0.4, 0.5) is 0 Å². The number of piperidine rings is 1. The van der Waals surface area contributed by atoms with Crippen LogP contribution in [0, 0.1) is 5.41 Å². The van der Waals surface area contributed by atoms with E-state index in [0.29, 0.717) is 6.04 Å². The zero-order valence-electron chi connectivity index (χ0n) is 10.9. The minimum absolute atomic E-state index is 0.0120. The second-order valence-corrected chi connectivity index (χ2v) is 5.93. The van der Waals surface area contributed by atoms with Crippen LogP contribution in [0.25, 0.3) is 0 Å². The van der Waals surface area contributed by atoms with E-state index in [9.17, 15) is 4.79 Å². The fourth-order valence-corrected chi connectivity index (χ4v) is 1.84. The topological polar surface area (TPSA) is 58.4 Å². The van der Waals surface area contributed by atoms with Gasteiger partial charge in [-0.25, -0.2) is 0 Å². The van der Waals surface area contributed by atoms with Crippen molar-refractivity contribution in [1.82, 2.24) is 10.2 Å². The Bertz CT molecular complexity index is 239. The predicted octanol–water partition coefficient (Wildman–Crippen LogP) is 0.570. The van der Waals surface area contributed by atoms with Crippen molar-refractivity contribution in [2.24, 2.45) is 11.1 Å². The number of carbonyl (C=O) groups is 1. The van der Waals surface area contributed by atoms with Gasteiger partial charge in [-0.05, 0) is 38.4 Å². The van der Waals surface area contributed by atoms with Crippen LogP contribution in [0.2, 0.25) is 0 Å². The zero-order chi connectivity index (χ0) is 12.3. The lowest BCUT2D eigenvalue weighted by Crippen LogP contribution is -2.53. The van der Waals surface area contributed by atoms with Crippen molar-refractivity contribution in [3.63, 3.8) is 0 Å². The van der Waals surface area contributed by atoms with Crippen LogP contribution >= 0.6 is 0 Å². The Labute approximate surface area is 98.6 Å². The average Bonchev–Trinajstić information content (AvgIpc) is 2.19. The first-order valence-corrected chi connectivity index (χ1v) is 6.05. The molecule has 0 saturated carbocycles. The summed E-state index contributed by atoms with van der Waals surface area (Å²) in [5.74, 6) is -0.0120. The second kappa shape index (κ2) is 5.15. The molecule has 1 unspecified atom stereocenters. The maximum absolute atomic E-state index is 11.9. The van der Waals surface area contributed by atoms with Gasteiger partial charge in [-0.2, -0.15) is 0 Å². The van der Waals surface area contributed by atoms with E-state index in [1.165, 1.54) is 0 Å². The minimum atomic E-state index is -0.424. The van der Waals surface area contributed by atoms with Crippen molar-refractivity contribution in [1.29, 1.82) is 0 Å². The van der Waals surface area contributed by atoms with Crippen LogP contribution in [0.5, 0.6) is 0 Å². The number of hydrogen-bond donors (Lipinski definition) is 2. The van der Waals surface area contributed by atoms with Gasteiger partial charge in [0.25, 0.3) is 0 Å². The average molecular weight is 227 g/mol. The smallest absolute Gasteiger partial charge is 0.237 e. The van der Waals surface area contributed by atoms with E-state index in [1.54, 1.807) is 0 Å².